The van der Waals surface area contributed by atoms with Gasteiger partial charge in [-0.15, -0.1) is 0 Å². The van der Waals surface area contributed by atoms with Gasteiger partial charge >= 0.3 is 10.3 Å². The first kappa shape index (κ1) is 19.9. The van der Waals surface area contributed by atoms with Gasteiger partial charge in [0, 0.05) is 6.42 Å². The Labute approximate surface area is 164 Å². The van der Waals surface area contributed by atoms with Gasteiger partial charge in [-0.25, -0.2) is 19.7 Å². The zero-order valence-corrected chi connectivity index (χ0v) is 15.7. The number of aliphatic hydroxyl groups excluding tert-OH is 2. The first-order chi connectivity index (χ1) is 13.7. The second kappa shape index (κ2) is 7.12. The molecule has 2 aromatic heterocycles. The van der Waals surface area contributed by atoms with E-state index in [1.54, 1.807) is 4.72 Å². The summed E-state index contributed by atoms with van der Waals surface area (Å²) in [6.07, 6.45) is -3.97. The number of hydrogen-bond acceptors (Lipinski definition) is 12. The van der Waals surface area contributed by atoms with Crippen LogP contribution >= 0.6 is 0 Å². The van der Waals surface area contributed by atoms with Gasteiger partial charge < -0.3 is 26.4 Å². The third kappa shape index (κ3) is 3.52. The monoisotopic (exact) mass is 429 g/mol. The van der Waals surface area contributed by atoms with E-state index in [0.717, 1.165) is 0 Å². The number of nitrogens with two attached hydrogens (primary N) is 2. The molecule has 158 valence electrons. The van der Waals surface area contributed by atoms with Crippen molar-refractivity contribution in [2.75, 3.05) is 12.3 Å². The number of aliphatic hydroxyl groups is 2. The number of rotatable bonds is 0. The zero-order chi connectivity index (χ0) is 20.9. The predicted molar refractivity (Wildman–Crippen MR) is 95.0 cm³/mol. The summed E-state index contributed by atoms with van der Waals surface area (Å²) < 4.78 is 37.3. The van der Waals surface area contributed by atoms with Crippen LogP contribution in [0.15, 0.2) is 6.33 Å². The molecule has 1 fully saturated rings. The van der Waals surface area contributed by atoms with Crippen molar-refractivity contribution in [1.29, 1.82) is 0 Å². The van der Waals surface area contributed by atoms with Gasteiger partial charge in [-0.05, 0) is 6.42 Å². The summed E-state index contributed by atoms with van der Waals surface area (Å²) in [6, 6.07) is -1.18. The lowest BCUT2D eigenvalue weighted by molar-refractivity contribution is -0.120. The van der Waals surface area contributed by atoms with Crippen LogP contribution in [0.4, 0.5) is 5.82 Å². The molecule has 1 saturated heterocycles. The Morgan fingerprint density at radius 3 is 2.79 bits per heavy atom. The molecule has 4 rings (SSSR count). The molecule has 4 heterocycles. The molecule has 1 amide bonds. The summed E-state index contributed by atoms with van der Waals surface area (Å²) in [6.45, 7) is -0.647. The normalized spacial score (nSPS) is 32.7. The van der Waals surface area contributed by atoms with Gasteiger partial charge in [0.05, 0.1) is 12.6 Å². The Balaban J connectivity index is 1.82. The first-order valence-electron chi connectivity index (χ1n) is 8.63. The highest BCUT2D eigenvalue weighted by Gasteiger charge is 2.46. The zero-order valence-electron chi connectivity index (χ0n) is 14.9. The van der Waals surface area contributed by atoms with Crippen molar-refractivity contribution in [3.05, 3.63) is 12.2 Å². The Morgan fingerprint density at radius 1 is 1.28 bits per heavy atom. The number of aryl methyl sites for hydroxylation is 1. The SMILES string of the molecule is Nc1ncnc2c1nc1n2[C@@H]2O[C@H](COS(=O)(=O)NC(=O)[C@@H](N)CC1)[C@@H](O)[C@H]2O. The molecule has 0 aliphatic carbocycles. The molecule has 0 aromatic carbocycles. The quantitative estimate of drug-likeness (QED) is 0.278. The highest BCUT2D eigenvalue weighted by molar-refractivity contribution is 7.85. The van der Waals surface area contributed by atoms with E-state index in [1.807, 2.05) is 0 Å². The molecule has 0 spiro atoms. The summed E-state index contributed by atoms with van der Waals surface area (Å²) in [5.41, 5.74) is 12.1. The van der Waals surface area contributed by atoms with Gasteiger partial charge in [0.1, 0.15) is 30.5 Å². The molecule has 29 heavy (non-hydrogen) atoms. The van der Waals surface area contributed by atoms with Crippen LogP contribution in [-0.4, -0.2) is 75.0 Å². The van der Waals surface area contributed by atoms with Gasteiger partial charge in [0.2, 0.25) is 0 Å². The number of imidazole rings is 1. The summed E-state index contributed by atoms with van der Waals surface area (Å²) in [5.74, 6) is -0.551. The van der Waals surface area contributed by atoms with E-state index in [4.69, 9.17) is 20.4 Å². The number of nitrogens with zero attached hydrogens (tertiary/aromatic N) is 4. The van der Waals surface area contributed by atoms with Crippen molar-refractivity contribution in [3.8, 4) is 0 Å². The highest BCUT2D eigenvalue weighted by atomic mass is 32.2. The molecule has 2 aliphatic heterocycles. The van der Waals surface area contributed by atoms with Gasteiger partial charge in [0.25, 0.3) is 5.91 Å². The van der Waals surface area contributed by atoms with Crippen LogP contribution in [0.3, 0.4) is 0 Å². The summed E-state index contributed by atoms with van der Waals surface area (Å²) in [5, 5.41) is 20.8. The van der Waals surface area contributed by atoms with Crippen LogP contribution in [0.5, 0.6) is 0 Å². The molecule has 0 saturated carbocycles. The Kier molecular flexibility index (Phi) is 4.88. The fraction of sp³-hybridized carbons (Fsp3) is 0.571. The average Bonchev–Trinajstić information content (AvgIpc) is 3.16. The second-order valence-corrected chi connectivity index (χ2v) is 8.07. The lowest BCUT2D eigenvalue weighted by atomic mass is 10.1. The van der Waals surface area contributed by atoms with Crippen LogP contribution < -0.4 is 16.2 Å². The predicted octanol–water partition coefficient (Wildman–Crippen LogP) is -3.32. The molecule has 0 radical (unpaired) electrons. The van der Waals surface area contributed by atoms with Crippen LogP contribution in [0.2, 0.25) is 0 Å². The maximum absolute atomic E-state index is 12.1. The molecule has 2 aromatic rings. The van der Waals surface area contributed by atoms with Crippen LogP contribution in [-0.2, 0) is 30.4 Å². The molecule has 0 unspecified atom stereocenters. The van der Waals surface area contributed by atoms with Gasteiger partial charge in [-0.1, -0.05) is 0 Å². The number of amides is 1. The second-order valence-electron chi connectivity index (χ2n) is 6.73. The number of carbonyl (C=O) groups excluding carboxylic acids is 1. The number of carbonyl (C=O) groups is 1. The first-order valence-corrected chi connectivity index (χ1v) is 10.0. The van der Waals surface area contributed by atoms with E-state index in [1.165, 1.54) is 10.9 Å². The number of nitrogen functional groups attached to an aromatic ring is 1. The molecular formula is C14H19N7O7S. The Bertz CT molecular complexity index is 1060. The van der Waals surface area contributed by atoms with E-state index in [9.17, 15) is 23.4 Å². The number of aromatic nitrogens is 4. The molecule has 5 atom stereocenters. The van der Waals surface area contributed by atoms with Crippen LogP contribution in [0.1, 0.15) is 18.5 Å². The lowest BCUT2D eigenvalue weighted by Gasteiger charge is -2.19. The molecule has 7 N–H and O–H groups in total. The van der Waals surface area contributed by atoms with Crippen molar-refractivity contribution in [2.24, 2.45) is 5.73 Å². The van der Waals surface area contributed by atoms with Gasteiger partial charge in [0.15, 0.2) is 23.2 Å². The maximum atomic E-state index is 12.1. The third-order valence-corrected chi connectivity index (χ3v) is 5.70. The number of ether oxygens (including phenoxy) is 1. The number of nitrogens with one attached hydrogen (secondary N) is 1. The van der Waals surface area contributed by atoms with Gasteiger partial charge in [-0.2, -0.15) is 8.42 Å². The molecule has 2 bridgehead atoms. The minimum Gasteiger partial charge on any atom is -0.387 e. The van der Waals surface area contributed by atoms with E-state index in [0.29, 0.717) is 5.82 Å². The third-order valence-electron chi connectivity index (χ3n) is 4.80. The van der Waals surface area contributed by atoms with E-state index >= 15 is 0 Å². The van der Waals surface area contributed by atoms with Crippen molar-refractivity contribution in [2.45, 2.75) is 43.4 Å². The van der Waals surface area contributed by atoms with E-state index in [2.05, 4.69) is 15.0 Å². The smallest absolute Gasteiger partial charge is 0.362 e. The average molecular weight is 429 g/mol. The van der Waals surface area contributed by atoms with Crippen molar-refractivity contribution in [1.82, 2.24) is 24.2 Å². The molecule has 14 nitrogen and oxygen atoms in total. The fourth-order valence-corrected chi connectivity index (χ4v) is 4.07. The Hall–Kier alpha value is -2.43. The minimum absolute atomic E-state index is 0.00675. The summed E-state index contributed by atoms with van der Waals surface area (Å²) in [7, 11) is -4.48. The van der Waals surface area contributed by atoms with E-state index in [-0.39, 0.29) is 29.8 Å². The maximum Gasteiger partial charge on any atom is 0.362 e. The minimum atomic E-state index is -4.48. The Morgan fingerprint density at radius 2 is 2.03 bits per heavy atom. The molecule has 15 heteroatoms. The van der Waals surface area contributed by atoms with Gasteiger partial charge in [-0.3, -0.25) is 13.5 Å². The molecular weight excluding hydrogens is 410 g/mol. The summed E-state index contributed by atoms with van der Waals surface area (Å²) in [4.78, 5) is 24.4. The van der Waals surface area contributed by atoms with Crippen LogP contribution in [0.25, 0.3) is 11.2 Å². The van der Waals surface area contributed by atoms with Crippen molar-refractivity contribution >= 4 is 33.2 Å². The lowest BCUT2D eigenvalue weighted by Crippen LogP contribution is -2.45. The number of anilines is 1. The van der Waals surface area contributed by atoms with Crippen molar-refractivity contribution in [3.63, 3.8) is 0 Å². The number of fused-ring (bicyclic) bond motifs is 6. The molecule has 2 aliphatic rings. The van der Waals surface area contributed by atoms with E-state index < -0.39 is 53.4 Å². The number of hydrogen-bond donors (Lipinski definition) is 5. The van der Waals surface area contributed by atoms with Crippen LogP contribution in [0, 0.1) is 0 Å². The summed E-state index contributed by atoms with van der Waals surface area (Å²) >= 11 is 0. The largest absolute Gasteiger partial charge is 0.387 e. The highest BCUT2D eigenvalue weighted by Crippen LogP contribution is 2.34. The fourth-order valence-electron chi connectivity index (χ4n) is 3.30. The standard InChI is InChI=1S/C14H19N7O7S/c15-5-1-2-7-19-8-11(16)17-4-18-12(8)21(7)14-10(23)9(22)6(28-14)3-27-29(25,26)20-13(5)24/h4-6,9-10,14,22-23H,1-3,15H2,(H,20,24)(H2,16,17,18)/t5-,6+,9+,10+,14+/m0/s1. The topological polar surface area (TPSA) is 218 Å². The van der Waals surface area contributed by atoms with Crippen molar-refractivity contribution < 1.29 is 32.3 Å².